The van der Waals surface area contributed by atoms with Crippen LogP contribution in [0, 0.1) is 0 Å². The van der Waals surface area contributed by atoms with E-state index in [0.29, 0.717) is 29.2 Å². The molecule has 0 spiro atoms. The van der Waals surface area contributed by atoms with E-state index in [2.05, 4.69) is 5.32 Å². The molecule has 1 aromatic rings. The summed E-state index contributed by atoms with van der Waals surface area (Å²) in [6.45, 7) is 0. The van der Waals surface area contributed by atoms with Crippen LogP contribution in [0.1, 0.15) is 36.0 Å². The van der Waals surface area contributed by atoms with Crippen molar-refractivity contribution >= 4 is 11.6 Å². The minimum atomic E-state index is -0.496. The highest BCUT2D eigenvalue weighted by molar-refractivity contribution is 6.00. The number of carbonyl (C=O) groups is 1. The van der Waals surface area contributed by atoms with Crippen molar-refractivity contribution in [3.05, 3.63) is 17.7 Å². The van der Waals surface area contributed by atoms with Gasteiger partial charge in [0, 0.05) is 11.8 Å². The molecule has 1 amide bonds. The van der Waals surface area contributed by atoms with Crippen molar-refractivity contribution < 1.29 is 19.4 Å². The first-order valence-electron chi connectivity index (χ1n) is 7.07. The molecule has 0 bridgehead atoms. The van der Waals surface area contributed by atoms with Crippen LogP contribution in [0.4, 0.5) is 5.69 Å². The normalized spacial score (nSPS) is 21.7. The highest BCUT2D eigenvalue weighted by Gasteiger charge is 2.26. The van der Waals surface area contributed by atoms with E-state index in [9.17, 15) is 9.90 Å². The Hall–Kier alpha value is -1.95. The quantitative estimate of drug-likeness (QED) is 0.728. The third kappa shape index (κ3) is 3.39. The number of carbonyl (C=O) groups excluding carboxylic acids is 1. The van der Waals surface area contributed by atoms with Crippen molar-refractivity contribution in [1.29, 1.82) is 0 Å². The zero-order valence-corrected chi connectivity index (χ0v) is 12.4. The van der Waals surface area contributed by atoms with Crippen molar-refractivity contribution in [2.75, 3.05) is 20.0 Å². The van der Waals surface area contributed by atoms with Gasteiger partial charge in [-0.05, 0) is 18.9 Å². The summed E-state index contributed by atoms with van der Waals surface area (Å²) in [5, 5.41) is 12.8. The number of amides is 1. The monoisotopic (exact) mass is 294 g/mol. The standard InChI is InChI=1S/C15H22N2O4/c1-20-13-7-9(10(16)8-14(13)21-2)15(19)17-11-5-3-4-6-12(11)18/h7-8,11-12,18H,3-6,16H2,1-2H3,(H,17,19)/t11-,12-/m1/s1. The molecule has 0 radical (unpaired) electrons. The summed E-state index contributed by atoms with van der Waals surface area (Å²) in [6.07, 6.45) is 2.99. The lowest BCUT2D eigenvalue weighted by molar-refractivity contribution is 0.0717. The number of nitrogen functional groups attached to an aromatic ring is 1. The van der Waals surface area contributed by atoms with Crippen LogP contribution in [0.2, 0.25) is 0 Å². The first-order valence-corrected chi connectivity index (χ1v) is 7.07. The van der Waals surface area contributed by atoms with Gasteiger partial charge in [-0.15, -0.1) is 0 Å². The fourth-order valence-corrected chi connectivity index (χ4v) is 2.62. The molecule has 0 heterocycles. The number of nitrogens with two attached hydrogens (primary N) is 1. The number of anilines is 1. The van der Waals surface area contributed by atoms with Crippen molar-refractivity contribution in [2.24, 2.45) is 0 Å². The van der Waals surface area contributed by atoms with Gasteiger partial charge < -0.3 is 25.6 Å². The van der Waals surface area contributed by atoms with Crippen molar-refractivity contribution in [2.45, 2.75) is 37.8 Å². The molecule has 6 nitrogen and oxygen atoms in total. The number of hydrogen-bond donors (Lipinski definition) is 3. The second-order valence-electron chi connectivity index (χ2n) is 5.23. The fourth-order valence-electron chi connectivity index (χ4n) is 2.62. The number of nitrogens with one attached hydrogen (secondary N) is 1. The van der Waals surface area contributed by atoms with Gasteiger partial charge in [-0.25, -0.2) is 0 Å². The molecule has 0 aliphatic heterocycles. The Morgan fingerprint density at radius 2 is 1.86 bits per heavy atom. The second kappa shape index (κ2) is 6.67. The highest BCUT2D eigenvalue weighted by atomic mass is 16.5. The van der Waals surface area contributed by atoms with Gasteiger partial charge in [0.25, 0.3) is 5.91 Å². The number of rotatable bonds is 4. The number of methoxy groups -OCH3 is 2. The first-order chi connectivity index (χ1) is 10.1. The summed E-state index contributed by atoms with van der Waals surface area (Å²) in [5.74, 6) is 0.615. The van der Waals surface area contributed by atoms with Crippen LogP contribution in [0.5, 0.6) is 11.5 Å². The molecule has 21 heavy (non-hydrogen) atoms. The lowest BCUT2D eigenvalue weighted by atomic mass is 9.92. The molecular formula is C15H22N2O4. The average Bonchev–Trinajstić information content (AvgIpc) is 2.49. The Morgan fingerprint density at radius 1 is 1.24 bits per heavy atom. The van der Waals surface area contributed by atoms with Gasteiger partial charge in [0.15, 0.2) is 11.5 Å². The summed E-state index contributed by atoms with van der Waals surface area (Å²) in [4.78, 5) is 12.3. The Labute approximate surface area is 124 Å². The molecule has 6 heteroatoms. The first kappa shape index (κ1) is 15.4. The molecule has 2 rings (SSSR count). The lowest BCUT2D eigenvalue weighted by Crippen LogP contribution is -2.45. The van der Waals surface area contributed by atoms with Crippen LogP contribution in [-0.4, -0.2) is 37.4 Å². The number of aliphatic hydroxyl groups is 1. The Bertz CT molecular complexity index is 519. The Kier molecular flexibility index (Phi) is 4.90. The van der Waals surface area contributed by atoms with Gasteiger partial charge in [-0.1, -0.05) is 12.8 Å². The smallest absolute Gasteiger partial charge is 0.253 e. The molecule has 1 saturated carbocycles. The minimum absolute atomic E-state index is 0.223. The molecular weight excluding hydrogens is 272 g/mol. The predicted octanol–water partition coefficient (Wildman–Crippen LogP) is 1.32. The van der Waals surface area contributed by atoms with Gasteiger partial charge in [0.05, 0.1) is 31.9 Å². The Morgan fingerprint density at radius 3 is 2.48 bits per heavy atom. The molecule has 1 aliphatic rings. The maximum atomic E-state index is 12.3. The maximum Gasteiger partial charge on any atom is 0.253 e. The van der Waals surface area contributed by atoms with Gasteiger partial charge in [0.2, 0.25) is 0 Å². The molecule has 0 saturated heterocycles. The van der Waals surface area contributed by atoms with Crippen LogP contribution < -0.4 is 20.5 Å². The Balaban J connectivity index is 2.18. The molecule has 1 aliphatic carbocycles. The van der Waals surface area contributed by atoms with Crippen LogP contribution in [-0.2, 0) is 0 Å². The van der Waals surface area contributed by atoms with Crippen LogP contribution in [0.25, 0.3) is 0 Å². The number of benzene rings is 1. The highest BCUT2D eigenvalue weighted by Crippen LogP contribution is 2.32. The van der Waals surface area contributed by atoms with Crippen molar-refractivity contribution in [1.82, 2.24) is 5.32 Å². The van der Waals surface area contributed by atoms with Crippen LogP contribution >= 0.6 is 0 Å². The summed E-state index contributed by atoms with van der Waals surface area (Å²) in [7, 11) is 3.01. The second-order valence-corrected chi connectivity index (χ2v) is 5.23. The summed E-state index contributed by atoms with van der Waals surface area (Å²) < 4.78 is 10.3. The fraction of sp³-hybridized carbons (Fsp3) is 0.533. The molecule has 116 valence electrons. The van der Waals surface area contributed by atoms with Gasteiger partial charge in [0.1, 0.15) is 0 Å². The topological polar surface area (TPSA) is 93.8 Å². The number of hydrogen-bond acceptors (Lipinski definition) is 5. The van der Waals surface area contributed by atoms with E-state index in [1.807, 2.05) is 0 Å². The van der Waals surface area contributed by atoms with Crippen molar-refractivity contribution in [3.8, 4) is 11.5 Å². The molecule has 1 fully saturated rings. The molecule has 2 atom stereocenters. The van der Waals surface area contributed by atoms with E-state index in [0.717, 1.165) is 19.3 Å². The van der Waals surface area contributed by atoms with E-state index in [4.69, 9.17) is 15.2 Å². The SMILES string of the molecule is COc1cc(N)c(C(=O)N[C@@H]2CCCC[C@H]2O)cc1OC. The van der Waals surface area contributed by atoms with Gasteiger partial charge in [-0.3, -0.25) is 4.79 Å². The van der Waals surface area contributed by atoms with Crippen LogP contribution in [0.3, 0.4) is 0 Å². The predicted molar refractivity (Wildman–Crippen MR) is 79.7 cm³/mol. The summed E-state index contributed by atoms with van der Waals surface area (Å²) in [6, 6.07) is 2.89. The van der Waals surface area contributed by atoms with E-state index in [1.165, 1.54) is 14.2 Å². The number of aliphatic hydroxyl groups excluding tert-OH is 1. The van der Waals surface area contributed by atoms with E-state index in [1.54, 1.807) is 12.1 Å². The minimum Gasteiger partial charge on any atom is -0.493 e. The zero-order valence-electron chi connectivity index (χ0n) is 12.4. The molecule has 0 aromatic heterocycles. The average molecular weight is 294 g/mol. The summed E-state index contributed by atoms with van der Waals surface area (Å²) in [5.41, 5.74) is 6.54. The molecule has 1 aromatic carbocycles. The van der Waals surface area contributed by atoms with Crippen molar-refractivity contribution in [3.63, 3.8) is 0 Å². The van der Waals surface area contributed by atoms with Gasteiger partial charge in [-0.2, -0.15) is 0 Å². The molecule has 4 N–H and O–H groups in total. The lowest BCUT2D eigenvalue weighted by Gasteiger charge is -2.28. The van der Waals surface area contributed by atoms with E-state index < -0.39 is 6.10 Å². The van der Waals surface area contributed by atoms with Crippen LogP contribution in [0.15, 0.2) is 12.1 Å². The third-order valence-corrected chi connectivity index (χ3v) is 3.85. The maximum absolute atomic E-state index is 12.3. The van der Waals surface area contributed by atoms with E-state index in [-0.39, 0.29) is 11.9 Å². The van der Waals surface area contributed by atoms with Gasteiger partial charge >= 0.3 is 0 Å². The molecule has 0 unspecified atom stereocenters. The zero-order chi connectivity index (χ0) is 15.4. The summed E-state index contributed by atoms with van der Waals surface area (Å²) >= 11 is 0. The third-order valence-electron chi connectivity index (χ3n) is 3.85. The largest absolute Gasteiger partial charge is 0.493 e. The number of ether oxygens (including phenoxy) is 2. The van der Waals surface area contributed by atoms with E-state index >= 15 is 0 Å².